The lowest BCUT2D eigenvalue weighted by Crippen LogP contribution is -2.46. The van der Waals surface area contributed by atoms with Gasteiger partial charge in [-0.15, -0.1) is 0 Å². The molecule has 0 aliphatic carbocycles. The topological polar surface area (TPSA) is 48.5 Å². The molecule has 0 saturated carbocycles. The van der Waals surface area contributed by atoms with Crippen molar-refractivity contribution in [3.05, 3.63) is 65.2 Å². The van der Waals surface area contributed by atoms with E-state index in [9.17, 15) is 4.79 Å². The van der Waals surface area contributed by atoms with Crippen molar-refractivity contribution in [1.29, 1.82) is 0 Å². The summed E-state index contributed by atoms with van der Waals surface area (Å²) in [6, 6.07) is 15.9. The summed E-state index contributed by atoms with van der Waals surface area (Å²) in [6.07, 6.45) is 0.833. The first kappa shape index (κ1) is 20.4. The standard InChI is InChI=1S/C25H30N4O/c1-4-19-8-6-7-9-21(19)25(30)26-20-10-11-23-22(17-20)18(3)16-24(27-23)29-14-12-28(5-2)13-15-29/h6-11,16-17H,4-5,12-15H2,1-3H3,(H,26,30). The lowest BCUT2D eigenvalue weighted by atomic mass is 10.0. The Morgan fingerprint density at radius 3 is 2.53 bits per heavy atom. The van der Waals surface area contributed by atoms with Gasteiger partial charge in [-0.25, -0.2) is 4.98 Å². The molecule has 1 N–H and O–H groups in total. The number of nitrogens with one attached hydrogen (secondary N) is 1. The molecule has 0 unspecified atom stereocenters. The van der Waals surface area contributed by atoms with E-state index in [1.54, 1.807) is 0 Å². The Bertz CT molecular complexity index is 1050. The van der Waals surface area contributed by atoms with Gasteiger partial charge in [0.25, 0.3) is 5.91 Å². The number of anilines is 2. The largest absolute Gasteiger partial charge is 0.354 e. The number of carbonyl (C=O) groups is 1. The first-order chi connectivity index (χ1) is 14.6. The van der Waals surface area contributed by atoms with E-state index in [1.165, 1.54) is 5.56 Å². The summed E-state index contributed by atoms with van der Waals surface area (Å²) in [5.41, 5.74) is 4.73. The van der Waals surface area contributed by atoms with Crippen LogP contribution in [-0.2, 0) is 6.42 Å². The van der Waals surface area contributed by atoms with E-state index in [0.717, 1.165) is 72.7 Å². The van der Waals surface area contributed by atoms with Crippen LogP contribution in [-0.4, -0.2) is 48.5 Å². The molecule has 1 amide bonds. The molecule has 156 valence electrons. The molecule has 5 heteroatoms. The van der Waals surface area contributed by atoms with Crippen molar-refractivity contribution in [2.75, 3.05) is 42.9 Å². The molecule has 1 aliphatic rings. The van der Waals surface area contributed by atoms with Gasteiger partial charge in [0.1, 0.15) is 5.82 Å². The molecule has 1 aromatic heterocycles. The maximum absolute atomic E-state index is 12.8. The van der Waals surface area contributed by atoms with Gasteiger partial charge in [0, 0.05) is 42.8 Å². The van der Waals surface area contributed by atoms with Crippen LogP contribution >= 0.6 is 0 Å². The van der Waals surface area contributed by atoms with E-state index < -0.39 is 0 Å². The van der Waals surface area contributed by atoms with E-state index in [1.807, 2.05) is 42.5 Å². The van der Waals surface area contributed by atoms with Gasteiger partial charge in [-0.2, -0.15) is 0 Å². The number of benzene rings is 2. The number of amides is 1. The summed E-state index contributed by atoms with van der Waals surface area (Å²) in [7, 11) is 0. The lowest BCUT2D eigenvalue weighted by Gasteiger charge is -2.35. The summed E-state index contributed by atoms with van der Waals surface area (Å²) < 4.78 is 0. The van der Waals surface area contributed by atoms with Gasteiger partial charge in [0.15, 0.2) is 0 Å². The van der Waals surface area contributed by atoms with Gasteiger partial charge in [0.05, 0.1) is 5.52 Å². The Kier molecular flexibility index (Phi) is 6.00. The van der Waals surface area contributed by atoms with Gasteiger partial charge in [-0.1, -0.05) is 32.0 Å². The second-order valence-corrected chi connectivity index (χ2v) is 7.92. The maximum atomic E-state index is 12.8. The number of hydrogen-bond donors (Lipinski definition) is 1. The third kappa shape index (κ3) is 4.17. The Hall–Kier alpha value is -2.92. The number of likely N-dealkylation sites (N-methyl/N-ethyl adjacent to an activating group) is 1. The Morgan fingerprint density at radius 1 is 1.03 bits per heavy atom. The monoisotopic (exact) mass is 402 g/mol. The smallest absolute Gasteiger partial charge is 0.255 e. The summed E-state index contributed by atoms with van der Waals surface area (Å²) in [5.74, 6) is 0.979. The fraction of sp³-hybridized carbons (Fsp3) is 0.360. The van der Waals surface area contributed by atoms with Crippen LogP contribution in [0.3, 0.4) is 0 Å². The lowest BCUT2D eigenvalue weighted by molar-refractivity contribution is 0.102. The van der Waals surface area contributed by atoms with Crippen molar-refractivity contribution in [2.24, 2.45) is 0 Å². The van der Waals surface area contributed by atoms with Gasteiger partial charge < -0.3 is 15.1 Å². The molecule has 1 aliphatic heterocycles. The molecule has 0 bridgehead atoms. The summed E-state index contributed by atoms with van der Waals surface area (Å²) >= 11 is 0. The number of aryl methyl sites for hydroxylation is 2. The second-order valence-electron chi connectivity index (χ2n) is 7.92. The van der Waals surface area contributed by atoms with Crippen LogP contribution in [0.25, 0.3) is 10.9 Å². The summed E-state index contributed by atoms with van der Waals surface area (Å²) in [4.78, 5) is 22.5. The molecule has 1 fully saturated rings. The molecular formula is C25H30N4O. The number of piperazine rings is 1. The summed E-state index contributed by atoms with van der Waals surface area (Å²) in [6.45, 7) is 11.7. The molecule has 0 radical (unpaired) electrons. The van der Waals surface area contributed by atoms with Crippen molar-refractivity contribution in [1.82, 2.24) is 9.88 Å². The van der Waals surface area contributed by atoms with Crippen LogP contribution in [0, 0.1) is 6.92 Å². The minimum Gasteiger partial charge on any atom is -0.354 e. The molecule has 0 spiro atoms. The molecule has 4 rings (SSSR count). The predicted molar refractivity (Wildman–Crippen MR) is 125 cm³/mol. The van der Waals surface area contributed by atoms with E-state index in [2.05, 4.69) is 42.0 Å². The van der Waals surface area contributed by atoms with Crippen LogP contribution in [0.15, 0.2) is 48.5 Å². The van der Waals surface area contributed by atoms with Crippen molar-refractivity contribution < 1.29 is 4.79 Å². The molecule has 5 nitrogen and oxygen atoms in total. The van der Waals surface area contributed by atoms with E-state index in [-0.39, 0.29) is 5.91 Å². The quantitative estimate of drug-likeness (QED) is 0.683. The number of nitrogens with zero attached hydrogens (tertiary/aromatic N) is 3. The van der Waals surface area contributed by atoms with Gasteiger partial charge in [-0.05, 0) is 61.3 Å². The van der Waals surface area contributed by atoms with E-state index in [4.69, 9.17) is 4.98 Å². The molecule has 0 atom stereocenters. The molecule has 1 saturated heterocycles. The van der Waals surface area contributed by atoms with Gasteiger partial charge in [-0.3, -0.25) is 4.79 Å². The van der Waals surface area contributed by atoms with Crippen LogP contribution in [0.5, 0.6) is 0 Å². The fourth-order valence-electron chi connectivity index (χ4n) is 4.16. The first-order valence-electron chi connectivity index (χ1n) is 10.9. The maximum Gasteiger partial charge on any atom is 0.255 e. The zero-order valence-electron chi connectivity index (χ0n) is 18.1. The van der Waals surface area contributed by atoms with Crippen molar-refractivity contribution in [3.63, 3.8) is 0 Å². The number of rotatable bonds is 5. The number of carbonyl (C=O) groups excluding carboxylic acids is 1. The average molecular weight is 403 g/mol. The SMILES string of the molecule is CCc1ccccc1C(=O)Nc1ccc2nc(N3CCN(CC)CC3)cc(C)c2c1. The van der Waals surface area contributed by atoms with Crippen LogP contribution < -0.4 is 10.2 Å². The molecule has 2 heterocycles. The highest BCUT2D eigenvalue weighted by Crippen LogP contribution is 2.26. The highest BCUT2D eigenvalue weighted by Gasteiger charge is 2.18. The molecule has 30 heavy (non-hydrogen) atoms. The highest BCUT2D eigenvalue weighted by atomic mass is 16.1. The fourth-order valence-corrected chi connectivity index (χ4v) is 4.16. The van der Waals surface area contributed by atoms with E-state index in [0.29, 0.717) is 0 Å². The second kappa shape index (κ2) is 8.84. The molecule has 2 aromatic carbocycles. The number of pyridine rings is 1. The third-order valence-corrected chi connectivity index (χ3v) is 6.05. The predicted octanol–water partition coefficient (Wildman–Crippen LogP) is 4.50. The minimum atomic E-state index is -0.0668. The molecular weight excluding hydrogens is 372 g/mol. The zero-order chi connectivity index (χ0) is 21.1. The highest BCUT2D eigenvalue weighted by molar-refractivity contribution is 6.06. The van der Waals surface area contributed by atoms with Crippen LogP contribution in [0.1, 0.15) is 35.3 Å². The Morgan fingerprint density at radius 2 is 1.80 bits per heavy atom. The third-order valence-electron chi connectivity index (χ3n) is 6.05. The van der Waals surface area contributed by atoms with Crippen LogP contribution in [0.2, 0.25) is 0 Å². The Labute approximate surface area is 178 Å². The normalized spacial score (nSPS) is 14.8. The number of hydrogen-bond acceptors (Lipinski definition) is 4. The van der Waals surface area contributed by atoms with Crippen molar-refractivity contribution in [3.8, 4) is 0 Å². The van der Waals surface area contributed by atoms with Crippen molar-refractivity contribution >= 4 is 28.3 Å². The zero-order valence-corrected chi connectivity index (χ0v) is 18.1. The van der Waals surface area contributed by atoms with Gasteiger partial charge >= 0.3 is 0 Å². The van der Waals surface area contributed by atoms with Crippen LogP contribution in [0.4, 0.5) is 11.5 Å². The molecule has 3 aromatic rings. The first-order valence-corrected chi connectivity index (χ1v) is 10.9. The minimum absolute atomic E-state index is 0.0668. The Balaban J connectivity index is 1.56. The number of aromatic nitrogens is 1. The average Bonchev–Trinajstić information content (AvgIpc) is 2.79. The van der Waals surface area contributed by atoms with E-state index >= 15 is 0 Å². The summed E-state index contributed by atoms with van der Waals surface area (Å²) in [5, 5.41) is 4.14. The number of fused-ring (bicyclic) bond motifs is 1. The van der Waals surface area contributed by atoms with Gasteiger partial charge in [0.2, 0.25) is 0 Å². The van der Waals surface area contributed by atoms with Crippen molar-refractivity contribution in [2.45, 2.75) is 27.2 Å².